The molecule has 0 aromatic carbocycles. The van der Waals surface area contributed by atoms with Gasteiger partial charge in [0.15, 0.2) is 5.69 Å². The molecule has 0 bridgehead atoms. The van der Waals surface area contributed by atoms with Crippen LogP contribution in [0.2, 0.25) is 0 Å². The fourth-order valence-corrected chi connectivity index (χ4v) is 2.07. The lowest BCUT2D eigenvalue weighted by Gasteiger charge is -2.09. The Kier molecular flexibility index (Phi) is 3.84. The number of aliphatic hydroxyl groups is 1. The van der Waals surface area contributed by atoms with Crippen LogP contribution in [0.25, 0.3) is 0 Å². The van der Waals surface area contributed by atoms with Crippen molar-refractivity contribution in [2.45, 2.75) is 32.3 Å². The van der Waals surface area contributed by atoms with Gasteiger partial charge in [-0.3, -0.25) is 4.68 Å². The summed E-state index contributed by atoms with van der Waals surface area (Å²) in [5, 5.41) is 13.9. The second kappa shape index (κ2) is 5.24. The van der Waals surface area contributed by atoms with Crippen LogP contribution < -0.4 is 0 Å². The zero-order chi connectivity index (χ0) is 14.2. The average molecular weight is 274 g/mol. The van der Waals surface area contributed by atoms with Crippen LogP contribution in [0.3, 0.4) is 0 Å². The van der Waals surface area contributed by atoms with Crippen molar-refractivity contribution < 1.29 is 23.4 Å². The number of alkyl halides is 2. The van der Waals surface area contributed by atoms with E-state index in [1.165, 1.54) is 7.05 Å². The Hall–Kier alpha value is -1.50. The van der Waals surface area contributed by atoms with Crippen LogP contribution in [0.15, 0.2) is 0 Å². The quantitative estimate of drug-likeness (QED) is 0.834. The van der Waals surface area contributed by atoms with Crippen molar-refractivity contribution in [3.63, 3.8) is 0 Å². The first-order chi connectivity index (χ1) is 8.97. The minimum atomic E-state index is -2.88. The average Bonchev–Trinajstić information content (AvgIpc) is 3.11. The first-order valence-electron chi connectivity index (χ1n) is 6.17. The summed E-state index contributed by atoms with van der Waals surface area (Å²) < 4.78 is 32.2. The van der Waals surface area contributed by atoms with E-state index in [2.05, 4.69) is 5.10 Å². The molecule has 7 heteroatoms. The summed E-state index contributed by atoms with van der Waals surface area (Å²) in [5.41, 5.74) is -0.907. The Morgan fingerprint density at radius 3 is 2.68 bits per heavy atom. The summed E-state index contributed by atoms with van der Waals surface area (Å²) in [6.45, 7) is 1.68. The third-order valence-electron chi connectivity index (χ3n) is 3.15. The third kappa shape index (κ3) is 2.60. The molecule has 1 N–H and O–H groups in total. The maximum atomic E-state index is 13.2. The predicted molar refractivity (Wildman–Crippen MR) is 61.8 cm³/mol. The van der Waals surface area contributed by atoms with Crippen molar-refractivity contribution in [1.82, 2.24) is 9.78 Å². The molecule has 106 valence electrons. The molecule has 2 rings (SSSR count). The molecule has 1 aromatic heterocycles. The number of halogens is 2. The van der Waals surface area contributed by atoms with Crippen molar-refractivity contribution in [3.05, 3.63) is 17.0 Å². The number of carbonyl (C=O) groups excluding carboxylic acids is 1. The molecular weight excluding hydrogens is 258 g/mol. The second-order valence-electron chi connectivity index (χ2n) is 4.57. The molecule has 1 atom stereocenters. The van der Waals surface area contributed by atoms with Gasteiger partial charge in [-0.15, -0.1) is 0 Å². The minimum Gasteiger partial charge on any atom is -0.461 e. The van der Waals surface area contributed by atoms with E-state index in [1.807, 2.05) is 0 Å². The smallest absolute Gasteiger partial charge is 0.357 e. The molecule has 0 amide bonds. The molecule has 1 aliphatic rings. The molecule has 0 spiro atoms. The number of nitrogens with zero attached hydrogens (tertiary/aromatic N) is 2. The Morgan fingerprint density at radius 2 is 2.21 bits per heavy atom. The van der Waals surface area contributed by atoms with Crippen LogP contribution >= 0.6 is 0 Å². The maximum Gasteiger partial charge on any atom is 0.357 e. The second-order valence-corrected chi connectivity index (χ2v) is 4.57. The highest BCUT2D eigenvalue weighted by Gasteiger charge is 2.38. The molecule has 1 aliphatic carbocycles. The molecule has 0 aliphatic heterocycles. The summed E-state index contributed by atoms with van der Waals surface area (Å²) in [5.74, 6) is -0.885. The number of hydrogen-bond acceptors (Lipinski definition) is 4. The van der Waals surface area contributed by atoms with E-state index in [4.69, 9.17) is 4.74 Å². The Morgan fingerprint density at radius 1 is 1.58 bits per heavy atom. The van der Waals surface area contributed by atoms with Crippen LogP contribution in [0.1, 0.15) is 54.0 Å². The molecule has 1 aromatic rings. The van der Waals surface area contributed by atoms with Gasteiger partial charge in [0.25, 0.3) is 6.43 Å². The molecule has 0 radical (unpaired) electrons. The van der Waals surface area contributed by atoms with Gasteiger partial charge in [-0.25, -0.2) is 13.6 Å². The van der Waals surface area contributed by atoms with Crippen molar-refractivity contribution >= 4 is 5.97 Å². The van der Waals surface area contributed by atoms with E-state index in [9.17, 15) is 18.7 Å². The highest BCUT2D eigenvalue weighted by atomic mass is 19.3. The van der Waals surface area contributed by atoms with E-state index in [0.717, 1.165) is 17.5 Å². The minimum absolute atomic E-state index is 0.0394. The van der Waals surface area contributed by atoms with Gasteiger partial charge in [0.2, 0.25) is 0 Å². The number of esters is 1. The molecule has 1 heterocycles. The van der Waals surface area contributed by atoms with Gasteiger partial charge in [0.1, 0.15) is 11.8 Å². The molecule has 1 unspecified atom stereocenters. The Balaban J connectivity index is 2.44. The van der Waals surface area contributed by atoms with Gasteiger partial charge >= 0.3 is 5.97 Å². The van der Waals surface area contributed by atoms with E-state index < -0.39 is 24.1 Å². The first-order valence-corrected chi connectivity index (χ1v) is 6.17. The van der Waals surface area contributed by atoms with Crippen LogP contribution in [0.5, 0.6) is 0 Å². The van der Waals surface area contributed by atoms with E-state index in [-0.39, 0.29) is 23.9 Å². The van der Waals surface area contributed by atoms with Crippen LogP contribution in [0.4, 0.5) is 8.78 Å². The summed E-state index contributed by atoms with van der Waals surface area (Å²) in [7, 11) is 1.39. The summed E-state index contributed by atoms with van der Waals surface area (Å²) >= 11 is 0. The molecule has 19 heavy (non-hydrogen) atoms. The number of rotatable bonds is 5. The molecule has 1 saturated carbocycles. The summed E-state index contributed by atoms with van der Waals surface area (Å²) in [6.07, 6.45) is -2.35. The van der Waals surface area contributed by atoms with Crippen molar-refractivity contribution in [2.24, 2.45) is 13.0 Å². The SMILES string of the molecule is CCOC(=O)c1c(C(F)F)c(C(O)C2CC2)nn1C. The molecule has 5 nitrogen and oxygen atoms in total. The standard InChI is InChI=1S/C12H16F2N2O3/c1-3-19-12(18)9-7(11(13)14)8(15-16(9)2)10(17)6-4-5-6/h6,10-11,17H,3-5H2,1-2H3. The van der Waals surface area contributed by atoms with Crippen LogP contribution in [-0.2, 0) is 11.8 Å². The van der Waals surface area contributed by atoms with Crippen molar-refractivity contribution in [3.8, 4) is 0 Å². The van der Waals surface area contributed by atoms with Crippen molar-refractivity contribution in [1.29, 1.82) is 0 Å². The Bertz CT molecular complexity index is 484. The number of ether oxygens (including phenoxy) is 1. The lowest BCUT2D eigenvalue weighted by Crippen LogP contribution is -2.13. The van der Waals surface area contributed by atoms with Gasteiger partial charge < -0.3 is 9.84 Å². The number of aromatic nitrogens is 2. The molecular formula is C12H16F2N2O3. The number of aryl methyl sites for hydroxylation is 1. The normalized spacial score (nSPS) is 16.7. The van der Waals surface area contributed by atoms with Crippen LogP contribution in [-0.4, -0.2) is 27.5 Å². The van der Waals surface area contributed by atoms with Gasteiger partial charge in [0, 0.05) is 7.05 Å². The largest absolute Gasteiger partial charge is 0.461 e. The van der Waals surface area contributed by atoms with E-state index in [1.54, 1.807) is 6.92 Å². The predicted octanol–water partition coefficient (Wildman–Crippen LogP) is 1.98. The topological polar surface area (TPSA) is 64.3 Å². The van der Waals surface area contributed by atoms with Gasteiger partial charge in [-0.1, -0.05) is 0 Å². The fraction of sp³-hybridized carbons (Fsp3) is 0.667. The highest BCUT2D eigenvalue weighted by Crippen LogP contribution is 2.43. The van der Waals surface area contributed by atoms with Gasteiger partial charge in [-0.2, -0.15) is 5.10 Å². The number of aliphatic hydroxyl groups excluding tert-OH is 1. The Labute approximate surface area is 109 Å². The molecule has 0 saturated heterocycles. The zero-order valence-electron chi connectivity index (χ0n) is 10.8. The monoisotopic (exact) mass is 274 g/mol. The third-order valence-corrected chi connectivity index (χ3v) is 3.15. The lowest BCUT2D eigenvalue weighted by atomic mass is 10.1. The summed E-state index contributed by atoms with van der Waals surface area (Å²) in [6, 6.07) is 0. The lowest BCUT2D eigenvalue weighted by molar-refractivity contribution is 0.0502. The summed E-state index contributed by atoms with van der Waals surface area (Å²) in [4.78, 5) is 11.7. The van der Waals surface area contributed by atoms with Gasteiger partial charge in [0.05, 0.1) is 12.2 Å². The van der Waals surface area contributed by atoms with Crippen LogP contribution in [0, 0.1) is 5.92 Å². The first kappa shape index (κ1) is 13.9. The van der Waals surface area contributed by atoms with E-state index in [0.29, 0.717) is 0 Å². The van der Waals surface area contributed by atoms with Crippen molar-refractivity contribution in [2.75, 3.05) is 6.61 Å². The number of carbonyl (C=O) groups is 1. The van der Waals surface area contributed by atoms with E-state index >= 15 is 0 Å². The maximum absolute atomic E-state index is 13.2. The highest BCUT2D eigenvalue weighted by molar-refractivity contribution is 5.89. The van der Waals surface area contributed by atoms with Gasteiger partial charge in [-0.05, 0) is 25.7 Å². The fourth-order valence-electron chi connectivity index (χ4n) is 2.07. The number of hydrogen-bond donors (Lipinski definition) is 1. The molecule has 1 fully saturated rings. The zero-order valence-corrected chi connectivity index (χ0v) is 10.8.